The third-order valence-corrected chi connectivity index (χ3v) is 20.4. The van der Waals surface area contributed by atoms with Crippen LogP contribution in [0, 0.1) is 12.3 Å². The van der Waals surface area contributed by atoms with Crippen molar-refractivity contribution in [2.75, 3.05) is 16.8 Å². The fraction of sp³-hybridized carbons (Fsp3) is 0.280. The second kappa shape index (κ2) is 22.6. The Bertz CT molecular complexity index is 3140. The summed E-state index contributed by atoms with van der Waals surface area (Å²) in [6, 6.07) is 0. The molecule has 0 unspecified atom stereocenters. The van der Waals surface area contributed by atoms with E-state index in [0.717, 1.165) is 31.4 Å². The molecule has 0 atom stereocenters. The van der Waals surface area contributed by atoms with Crippen LogP contribution in [0.4, 0.5) is 17.1 Å². The largest absolute Gasteiger partial charge is 0.357 e. The second-order valence-corrected chi connectivity index (χ2v) is 23.6. The predicted molar refractivity (Wildman–Crippen MR) is 401 cm³/mol. The standard InChI is InChI=1S/C50H74B22N2/c1-5-9-12-17-25(52)42(69)49(43(70)26(17)53)74-15-20-47(30(57)16(8-4)21(22-31(58)35(62)39(66)36(63)32(22)59)23-33(60)37(64)40(67)38(65)34(23)61)73-48-41(68)24(51)18(13-10-6-2)28(55)45(48)72(20)46-29(56)19(14-11-7-3)27(54)44(71)50(46)74/h4,21,73H,5-7,9-15,51-71H2,1-3H3/b30-16-. The summed E-state index contributed by atoms with van der Waals surface area (Å²) >= 11 is 0. The van der Waals surface area contributed by atoms with Crippen LogP contribution in [-0.2, 0) is 19.3 Å². The van der Waals surface area contributed by atoms with Crippen molar-refractivity contribution in [3.63, 3.8) is 0 Å². The minimum Gasteiger partial charge on any atom is -0.357 e. The number of nitrogens with one attached hydrogen (secondary N) is 1. The van der Waals surface area contributed by atoms with Crippen LogP contribution in [0.1, 0.15) is 93.0 Å². The molecule has 0 spiro atoms. The molecule has 2 aliphatic heterocycles. The third kappa shape index (κ3) is 9.27. The van der Waals surface area contributed by atoms with E-state index in [1.165, 1.54) is 220 Å². The molecule has 1 N–H and O–H groups in total. The van der Waals surface area contributed by atoms with Crippen molar-refractivity contribution in [1.29, 1.82) is 0 Å². The normalized spacial score (nSPS) is 13.3. The number of allylic oxidation sites excluding steroid dienone is 2. The zero-order valence-corrected chi connectivity index (χ0v) is 51.3. The molecular weight excluding hydrogens is 866 g/mol. The van der Waals surface area contributed by atoms with Crippen LogP contribution in [0.5, 0.6) is 0 Å². The summed E-state index contributed by atoms with van der Waals surface area (Å²) in [5.41, 5.74) is 47.2. The quantitative estimate of drug-likeness (QED) is 0.0882. The molecule has 0 bridgehead atoms. The Morgan fingerprint density at radius 2 is 0.824 bits per heavy atom. The number of rotatable bonds is 14. The van der Waals surface area contributed by atoms with Gasteiger partial charge in [-0.25, -0.2) is 0 Å². The van der Waals surface area contributed by atoms with Crippen molar-refractivity contribution in [2.45, 2.75) is 84.5 Å². The van der Waals surface area contributed by atoms with Crippen molar-refractivity contribution in [3.05, 3.63) is 50.0 Å². The predicted octanol–water partition coefficient (Wildman–Crippen LogP) is -24.8. The Hall–Kier alpha value is -3.83. The summed E-state index contributed by atoms with van der Waals surface area (Å²) in [5, 5.41) is 4.41. The second-order valence-electron chi connectivity index (χ2n) is 23.6. The van der Waals surface area contributed by atoms with Crippen molar-refractivity contribution in [1.82, 2.24) is 0 Å². The lowest BCUT2D eigenvalue weighted by atomic mass is 9.29. The molecule has 350 valence electrons. The monoisotopic (exact) mass is 945 g/mol. The minimum atomic E-state index is -0.142. The van der Waals surface area contributed by atoms with E-state index in [4.69, 9.17) is 6.42 Å². The first-order valence-corrected chi connectivity index (χ1v) is 28.8. The highest BCUT2D eigenvalue weighted by atomic mass is 15.2. The summed E-state index contributed by atoms with van der Waals surface area (Å²) < 4.78 is 0. The van der Waals surface area contributed by atoms with Crippen LogP contribution < -0.4 is 130 Å². The maximum absolute atomic E-state index is 7.25. The highest BCUT2D eigenvalue weighted by Gasteiger charge is 2.45. The van der Waals surface area contributed by atoms with Crippen molar-refractivity contribution < 1.29 is 0 Å². The SMILES string of the molecule is B/C(C1=C2CN(c3c(B)c(B)c(CCCC)c(B)c3B)c3c(B)c(B)c(CCCC)c(B)c3B2c2c(B)c(CCCC)c(B)c(B)c2N1)=C(/C#C)C(c1c(B)c(B)c(B)c(B)c1B)c1c(B)c(B)c(B)c(B)c1B. The molecule has 24 heteroatoms. The van der Waals surface area contributed by atoms with Crippen LogP contribution in [0.2, 0.25) is 0 Å². The van der Waals surface area contributed by atoms with E-state index in [0.29, 0.717) is 0 Å². The van der Waals surface area contributed by atoms with Gasteiger partial charge in [0.15, 0.2) is 0 Å². The van der Waals surface area contributed by atoms with Crippen LogP contribution in [0.3, 0.4) is 0 Å². The molecule has 0 saturated heterocycles. The molecule has 0 fully saturated rings. The zero-order chi connectivity index (χ0) is 54.8. The molecule has 2 nitrogen and oxygen atoms in total. The topological polar surface area (TPSA) is 15.3 Å². The molecule has 7 rings (SSSR count). The van der Waals surface area contributed by atoms with E-state index < -0.39 is 0 Å². The van der Waals surface area contributed by atoms with Crippen LogP contribution >= 0.6 is 0 Å². The van der Waals surface area contributed by atoms with Gasteiger partial charge in [-0.15, -0.1) is 39.2 Å². The lowest BCUT2D eigenvalue weighted by Crippen LogP contribution is -2.68. The first kappa shape index (κ1) is 57.9. The summed E-state index contributed by atoms with van der Waals surface area (Å²) in [4.78, 5) is 2.80. The lowest BCUT2D eigenvalue weighted by Gasteiger charge is -2.47. The first-order chi connectivity index (χ1) is 34.9. The van der Waals surface area contributed by atoms with E-state index in [1.54, 1.807) is 0 Å². The molecule has 74 heavy (non-hydrogen) atoms. The van der Waals surface area contributed by atoms with Gasteiger partial charge in [0.1, 0.15) is 165 Å². The Morgan fingerprint density at radius 3 is 1.22 bits per heavy atom. The van der Waals surface area contributed by atoms with Gasteiger partial charge in [0, 0.05) is 40.8 Å². The zero-order valence-electron chi connectivity index (χ0n) is 51.3. The van der Waals surface area contributed by atoms with E-state index in [2.05, 4.69) is 202 Å². The molecule has 0 aromatic heterocycles. The maximum atomic E-state index is 7.25. The minimum absolute atomic E-state index is 0.0468. The summed E-state index contributed by atoms with van der Waals surface area (Å²) in [6.45, 7) is 7.81. The Kier molecular flexibility index (Phi) is 17.7. The van der Waals surface area contributed by atoms with Gasteiger partial charge in [0.05, 0.1) is 0 Å². The molecule has 0 saturated carbocycles. The first-order valence-electron chi connectivity index (χ1n) is 28.8. The van der Waals surface area contributed by atoms with Gasteiger partial charge in [-0.1, -0.05) is 156 Å². The van der Waals surface area contributed by atoms with E-state index in [1.807, 2.05) is 0 Å². The Morgan fingerprint density at radius 1 is 0.473 bits per heavy atom. The molecule has 0 aliphatic carbocycles. The van der Waals surface area contributed by atoms with Crippen LogP contribution in [0.15, 0.2) is 22.2 Å². The fourth-order valence-corrected chi connectivity index (χ4v) is 14.3. The molecule has 5 aromatic carbocycles. The number of fused-ring (bicyclic) bond motifs is 5. The van der Waals surface area contributed by atoms with E-state index in [9.17, 15) is 0 Å². The molecular formula is C50H74B22N2. The number of nitrogens with zero attached hydrogens (tertiary/aromatic N) is 1. The smallest absolute Gasteiger partial charge is 0.245 e. The van der Waals surface area contributed by atoms with Crippen LogP contribution in [0.25, 0.3) is 0 Å². The number of anilines is 3. The Balaban J connectivity index is 1.74. The summed E-state index contributed by atoms with van der Waals surface area (Å²) in [5.74, 6) is 3.43. The van der Waals surface area contributed by atoms with E-state index >= 15 is 0 Å². The number of hydrogen-bond acceptors (Lipinski definition) is 2. The molecule has 0 amide bonds. The number of benzene rings is 5. The molecule has 5 aromatic rings. The van der Waals surface area contributed by atoms with Crippen molar-refractivity contribution >= 4 is 309 Å². The highest BCUT2D eigenvalue weighted by molar-refractivity contribution is 6.99. The van der Waals surface area contributed by atoms with Crippen LogP contribution in [-0.4, -0.2) is 178 Å². The molecule has 2 aliphatic rings. The average molecular weight is 941 g/mol. The number of unbranched alkanes of at least 4 members (excludes halogenated alkanes) is 3. The van der Waals surface area contributed by atoms with Crippen molar-refractivity contribution in [2.24, 2.45) is 0 Å². The molecule has 0 radical (unpaired) electrons. The summed E-state index contributed by atoms with van der Waals surface area (Å²) in [6.07, 6.45) is 17.7. The third-order valence-electron chi connectivity index (χ3n) is 20.4. The number of terminal acetylenes is 1. The molecule has 2 heterocycles. The Labute approximate surface area is 469 Å². The highest BCUT2D eigenvalue weighted by Crippen LogP contribution is 2.37. The summed E-state index contributed by atoms with van der Waals surface area (Å²) in [7, 11) is 50.0. The number of hydrogen-bond donors (Lipinski definition) is 1. The maximum Gasteiger partial charge on any atom is 0.245 e. The van der Waals surface area contributed by atoms with Gasteiger partial charge >= 0.3 is 0 Å². The van der Waals surface area contributed by atoms with Gasteiger partial charge in [0.2, 0.25) is 6.71 Å². The van der Waals surface area contributed by atoms with Gasteiger partial charge in [-0.2, -0.15) is 0 Å². The van der Waals surface area contributed by atoms with Gasteiger partial charge in [-0.05, 0) is 55.1 Å². The van der Waals surface area contributed by atoms with Crippen molar-refractivity contribution in [3.8, 4) is 12.3 Å². The average Bonchev–Trinajstić information content (AvgIpc) is 3.38. The lowest BCUT2D eigenvalue weighted by molar-refractivity contribution is 0.800. The van der Waals surface area contributed by atoms with Gasteiger partial charge in [-0.3, -0.25) is 0 Å². The van der Waals surface area contributed by atoms with Gasteiger partial charge < -0.3 is 10.2 Å². The van der Waals surface area contributed by atoms with E-state index in [-0.39, 0.29) is 12.6 Å². The fourth-order valence-electron chi connectivity index (χ4n) is 14.3. The van der Waals surface area contributed by atoms with Gasteiger partial charge in [0.25, 0.3) is 0 Å².